The molecule has 1 aromatic heterocycles. The Bertz CT molecular complexity index is 923. The number of carbonyl (C=O) groups excluding carboxylic acids is 2. The van der Waals surface area contributed by atoms with Crippen molar-refractivity contribution in [2.45, 2.75) is 13.8 Å². The standard InChI is InChI=1S/C19H17N3O3S/c1-12-7-8-14(10-13(12)2)22-18(24)15(11-17(23)25-3)26-19(22)21-16-6-4-5-9-20-16/h4-11H,1-3H3/b15-11+,21-19-. The van der Waals surface area contributed by atoms with Crippen molar-refractivity contribution < 1.29 is 14.3 Å². The van der Waals surface area contributed by atoms with Gasteiger partial charge in [-0.15, -0.1) is 0 Å². The van der Waals surface area contributed by atoms with Gasteiger partial charge < -0.3 is 4.74 Å². The number of aliphatic imine (C=N–C) groups is 1. The van der Waals surface area contributed by atoms with Crippen LogP contribution in [-0.2, 0) is 14.3 Å². The summed E-state index contributed by atoms with van der Waals surface area (Å²) in [5, 5.41) is 0.437. The second-order valence-electron chi connectivity index (χ2n) is 5.63. The zero-order chi connectivity index (χ0) is 18.7. The maximum Gasteiger partial charge on any atom is 0.331 e. The minimum absolute atomic E-state index is 0.254. The first kappa shape index (κ1) is 17.9. The molecule has 2 heterocycles. The number of amidine groups is 1. The van der Waals surface area contributed by atoms with E-state index >= 15 is 0 Å². The van der Waals surface area contributed by atoms with Gasteiger partial charge in [-0.1, -0.05) is 12.1 Å². The topological polar surface area (TPSA) is 71.9 Å². The van der Waals surface area contributed by atoms with Crippen molar-refractivity contribution in [1.82, 2.24) is 4.98 Å². The molecule has 1 aromatic carbocycles. The summed E-state index contributed by atoms with van der Waals surface area (Å²) in [4.78, 5) is 34.9. The first-order valence-electron chi connectivity index (χ1n) is 7.88. The fraction of sp³-hybridized carbons (Fsp3) is 0.158. The Morgan fingerprint density at radius 2 is 2.04 bits per heavy atom. The Hall–Kier alpha value is -2.93. The van der Waals surface area contributed by atoms with Crippen LogP contribution in [0.2, 0.25) is 0 Å². The molecule has 0 bridgehead atoms. The summed E-state index contributed by atoms with van der Waals surface area (Å²) in [6, 6.07) is 11.1. The molecule has 1 aliphatic rings. The minimum Gasteiger partial charge on any atom is -0.466 e. The monoisotopic (exact) mass is 367 g/mol. The Morgan fingerprint density at radius 1 is 1.23 bits per heavy atom. The highest BCUT2D eigenvalue weighted by molar-refractivity contribution is 8.19. The van der Waals surface area contributed by atoms with Gasteiger partial charge in [-0.2, -0.15) is 0 Å². The van der Waals surface area contributed by atoms with Crippen molar-refractivity contribution in [3.05, 3.63) is 64.7 Å². The fourth-order valence-electron chi connectivity index (χ4n) is 2.32. The van der Waals surface area contributed by atoms with Crippen LogP contribution in [0.1, 0.15) is 11.1 Å². The first-order valence-corrected chi connectivity index (χ1v) is 8.70. The summed E-state index contributed by atoms with van der Waals surface area (Å²) in [5.41, 5.74) is 2.87. The molecule has 0 unspecified atom stereocenters. The van der Waals surface area contributed by atoms with Crippen LogP contribution in [-0.4, -0.2) is 29.1 Å². The molecule has 26 heavy (non-hydrogen) atoms. The van der Waals surface area contributed by atoms with Crippen LogP contribution in [0.3, 0.4) is 0 Å². The summed E-state index contributed by atoms with van der Waals surface area (Å²) >= 11 is 1.12. The lowest BCUT2D eigenvalue weighted by molar-refractivity contribution is -0.135. The molecule has 3 rings (SSSR count). The zero-order valence-corrected chi connectivity index (χ0v) is 15.4. The Morgan fingerprint density at radius 3 is 2.69 bits per heavy atom. The average molecular weight is 367 g/mol. The van der Waals surface area contributed by atoms with Crippen LogP contribution in [0.5, 0.6) is 0 Å². The van der Waals surface area contributed by atoms with E-state index < -0.39 is 5.97 Å². The summed E-state index contributed by atoms with van der Waals surface area (Å²) < 4.78 is 4.64. The number of methoxy groups -OCH3 is 1. The van der Waals surface area contributed by atoms with Crippen molar-refractivity contribution in [2.75, 3.05) is 12.0 Å². The van der Waals surface area contributed by atoms with E-state index in [9.17, 15) is 9.59 Å². The molecule has 2 aromatic rings. The number of carbonyl (C=O) groups is 2. The number of anilines is 1. The highest BCUT2D eigenvalue weighted by Crippen LogP contribution is 2.36. The van der Waals surface area contributed by atoms with Crippen LogP contribution < -0.4 is 4.90 Å². The van der Waals surface area contributed by atoms with Gasteiger partial charge in [0.25, 0.3) is 5.91 Å². The molecule has 1 saturated heterocycles. The van der Waals surface area contributed by atoms with E-state index in [-0.39, 0.29) is 10.8 Å². The third-order valence-electron chi connectivity index (χ3n) is 3.86. The second kappa shape index (κ2) is 7.53. The number of hydrogen-bond donors (Lipinski definition) is 0. The van der Waals surface area contributed by atoms with Gasteiger partial charge in [-0.05, 0) is 61.0 Å². The number of benzene rings is 1. The lowest BCUT2D eigenvalue weighted by Gasteiger charge is -2.17. The number of aryl methyl sites for hydroxylation is 2. The third-order valence-corrected chi connectivity index (χ3v) is 4.83. The molecule has 0 spiro atoms. The average Bonchev–Trinajstić information content (AvgIpc) is 2.93. The molecule has 1 aliphatic heterocycles. The molecule has 0 atom stereocenters. The van der Waals surface area contributed by atoms with Crippen LogP contribution in [0.25, 0.3) is 0 Å². The van der Waals surface area contributed by atoms with E-state index in [0.717, 1.165) is 22.9 Å². The maximum absolute atomic E-state index is 12.9. The summed E-state index contributed by atoms with van der Waals surface area (Å²) in [6.45, 7) is 3.98. The van der Waals surface area contributed by atoms with Gasteiger partial charge in [0.15, 0.2) is 11.0 Å². The zero-order valence-electron chi connectivity index (χ0n) is 14.6. The van der Waals surface area contributed by atoms with Crippen molar-refractivity contribution in [1.29, 1.82) is 0 Å². The molecule has 0 N–H and O–H groups in total. The molecule has 7 heteroatoms. The van der Waals surface area contributed by atoms with Gasteiger partial charge in [-0.25, -0.2) is 14.8 Å². The number of nitrogens with zero attached hydrogens (tertiary/aromatic N) is 3. The SMILES string of the molecule is COC(=O)/C=C1/S/C(=N\c2ccccn2)N(c2ccc(C)c(C)c2)C1=O. The van der Waals surface area contributed by atoms with Crippen LogP contribution in [0.15, 0.2) is 58.6 Å². The molecule has 0 saturated carbocycles. The van der Waals surface area contributed by atoms with E-state index in [1.807, 2.05) is 38.1 Å². The predicted octanol–water partition coefficient (Wildman–Crippen LogP) is 3.52. The van der Waals surface area contributed by atoms with E-state index in [1.54, 1.807) is 18.3 Å². The van der Waals surface area contributed by atoms with Crippen molar-refractivity contribution in [3.63, 3.8) is 0 Å². The van der Waals surface area contributed by atoms with Gasteiger partial charge >= 0.3 is 5.97 Å². The second-order valence-corrected chi connectivity index (χ2v) is 6.63. The molecule has 0 aliphatic carbocycles. The highest BCUT2D eigenvalue weighted by Gasteiger charge is 2.35. The number of aromatic nitrogens is 1. The van der Waals surface area contributed by atoms with Crippen LogP contribution in [0.4, 0.5) is 11.5 Å². The van der Waals surface area contributed by atoms with Crippen molar-refractivity contribution >= 4 is 40.3 Å². The number of esters is 1. The number of ether oxygens (including phenoxy) is 1. The minimum atomic E-state index is -0.583. The Labute approximate surface area is 155 Å². The molecular formula is C19H17N3O3S. The van der Waals surface area contributed by atoms with E-state index in [1.165, 1.54) is 18.1 Å². The van der Waals surface area contributed by atoms with E-state index in [0.29, 0.717) is 16.7 Å². The molecule has 1 amide bonds. The molecule has 1 fully saturated rings. The van der Waals surface area contributed by atoms with Gasteiger partial charge in [0.1, 0.15) is 0 Å². The molecule has 6 nitrogen and oxygen atoms in total. The van der Waals surface area contributed by atoms with Crippen LogP contribution in [0, 0.1) is 13.8 Å². The fourth-order valence-corrected chi connectivity index (χ4v) is 3.27. The largest absolute Gasteiger partial charge is 0.466 e. The normalized spacial score (nSPS) is 17.2. The molecular weight excluding hydrogens is 350 g/mol. The van der Waals surface area contributed by atoms with Gasteiger partial charge in [-0.3, -0.25) is 9.69 Å². The summed E-state index contributed by atoms with van der Waals surface area (Å²) in [6.07, 6.45) is 2.81. The molecule has 0 radical (unpaired) electrons. The van der Waals surface area contributed by atoms with Crippen molar-refractivity contribution in [3.8, 4) is 0 Å². The Kier molecular flexibility index (Phi) is 5.18. The smallest absolute Gasteiger partial charge is 0.331 e. The van der Waals surface area contributed by atoms with Crippen molar-refractivity contribution in [2.24, 2.45) is 4.99 Å². The quantitative estimate of drug-likeness (QED) is 0.613. The highest BCUT2D eigenvalue weighted by atomic mass is 32.2. The summed E-state index contributed by atoms with van der Waals surface area (Å²) in [7, 11) is 1.27. The molecule has 132 valence electrons. The van der Waals surface area contributed by atoms with Gasteiger partial charge in [0.05, 0.1) is 17.7 Å². The van der Waals surface area contributed by atoms with Gasteiger partial charge in [0.2, 0.25) is 0 Å². The third kappa shape index (κ3) is 3.67. The maximum atomic E-state index is 12.9. The number of amides is 1. The number of hydrogen-bond acceptors (Lipinski definition) is 6. The number of thioether (sulfide) groups is 1. The predicted molar refractivity (Wildman–Crippen MR) is 102 cm³/mol. The van der Waals surface area contributed by atoms with Gasteiger partial charge in [0, 0.05) is 12.3 Å². The van der Waals surface area contributed by atoms with E-state index in [4.69, 9.17) is 0 Å². The lowest BCUT2D eigenvalue weighted by Crippen LogP contribution is -2.29. The first-order chi connectivity index (χ1) is 12.5. The number of rotatable bonds is 3. The Balaban J connectivity index is 2.08. The lowest BCUT2D eigenvalue weighted by atomic mass is 10.1. The van der Waals surface area contributed by atoms with Crippen LogP contribution >= 0.6 is 11.8 Å². The summed E-state index contributed by atoms with van der Waals surface area (Å²) in [5.74, 6) is -0.422. The van der Waals surface area contributed by atoms with E-state index in [2.05, 4.69) is 14.7 Å². The number of pyridine rings is 1.